The van der Waals surface area contributed by atoms with Crippen molar-refractivity contribution in [3.05, 3.63) is 35.9 Å². The molecule has 1 aromatic carbocycles. The van der Waals surface area contributed by atoms with Crippen LogP contribution in [0.2, 0.25) is 0 Å². The molecule has 1 saturated heterocycles. The van der Waals surface area contributed by atoms with Gasteiger partial charge in [-0.25, -0.2) is 0 Å². The molecule has 2 fully saturated rings. The van der Waals surface area contributed by atoms with Crippen molar-refractivity contribution in [2.24, 2.45) is 11.8 Å². The molecule has 0 aromatic heterocycles. The van der Waals surface area contributed by atoms with Gasteiger partial charge in [0.05, 0.1) is 0 Å². The van der Waals surface area contributed by atoms with Crippen LogP contribution in [-0.2, 0) is 0 Å². The van der Waals surface area contributed by atoms with E-state index in [0.717, 1.165) is 17.8 Å². The molecule has 1 aliphatic heterocycles. The van der Waals surface area contributed by atoms with Crippen LogP contribution in [0.5, 0.6) is 0 Å². The summed E-state index contributed by atoms with van der Waals surface area (Å²) in [6, 6.07) is 11.2. The maximum atomic E-state index is 3.59. The fourth-order valence-corrected chi connectivity index (χ4v) is 3.64. The predicted molar refractivity (Wildman–Crippen MR) is 67.5 cm³/mol. The van der Waals surface area contributed by atoms with E-state index in [9.17, 15) is 0 Å². The highest BCUT2D eigenvalue weighted by atomic mass is 14.9. The van der Waals surface area contributed by atoms with Crippen LogP contribution in [0.3, 0.4) is 0 Å². The summed E-state index contributed by atoms with van der Waals surface area (Å²) in [5.41, 5.74) is 1.57. The summed E-state index contributed by atoms with van der Waals surface area (Å²) in [5.74, 6) is 2.64. The number of fused-ring (bicyclic) bond motifs is 1. The maximum Gasteiger partial charge on any atom is -0.00114 e. The van der Waals surface area contributed by atoms with Gasteiger partial charge in [-0.15, -0.1) is 0 Å². The highest BCUT2D eigenvalue weighted by molar-refractivity contribution is 5.21. The van der Waals surface area contributed by atoms with Crippen molar-refractivity contribution in [3.8, 4) is 0 Å². The Balaban J connectivity index is 1.87. The average Bonchev–Trinajstić information content (AvgIpc) is 2.70. The Hall–Kier alpha value is -0.820. The van der Waals surface area contributed by atoms with E-state index in [1.54, 1.807) is 5.56 Å². The highest BCUT2D eigenvalue weighted by Gasteiger charge is 2.35. The summed E-state index contributed by atoms with van der Waals surface area (Å²) in [5, 5.41) is 3.59. The van der Waals surface area contributed by atoms with E-state index in [1.807, 2.05) is 0 Å². The molecule has 2 aliphatic rings. The molecule has 3 atom stereocenters. The van der Waals surface area contributed by atoms with Crippen molar-refractivity contribution in [1.29, 1.82) is 0 Å². The van der Waals surface area contributed by atoms with Crippen molar-refractivity contribution >= 4 is 0 Å². The fourth-order valence-electron chi connectivity index (χ4n) is 3.64. The first-order valence-electron chi connectivity index (χ1n) is 6.71. The molecule has 2 unspecified atom stereocenters. The molecule has 0 bridgehead atoms. The van der Waals surface area contributed by atoms with Crippen molar-refractivity contribution < 1.29 is 0 Å². The van der Waals surface area contributed by atoms with Crippen molar-refractivity contribution in [1.82, 2.24) is 5.32 Å². The quantitative estimate of drug-likeness (QED) is 0.758. The molecule has 1 aromatic rings. The van der Waals surface area contributed by atoms with Gasteiger partial charge < -0.3 is 5.32 Å². The highest BCUT2D eigenvalue weighted by Crippen LogP contribution is 2.41. The van der Waals surface area contributed by atoms with Crippen LogP contribution in [0.1, 0.15) is 37.2 Å². The smallest absolute Gasteiger partial charge is 0.00114 e. The third-order valence-electron chi connectivity index (χ3n) is 4.48. The first-order chi connectivity index (χ1) is 7.95. The van der Waals surface area contributed by atoms with E-state index in [2.05, 4.69) is 35.6 Å². The Labute approximate surface area is 98.3 Å². The van der Waals surface area contributed by atoms with Gasteiger partial charge in [-0.05, 0) is 49.2 Å². The summed E-state index contributed by atoms with van der Waals surface area (Å²) in [7, 11) is 0. The summed E-state index contributed by atoms with van der Waals surface area (Å²) >= 11 is 0. The zero-order valence-electron chi connectivity index (χ0n) is 9.86. The minimum Gasteiger partial charge on any atom is -0.316 e. The Bertz CT molecular complexity index is 333. The van der Waals surface area contributed by atoms with E-state index in [-0.39, 0.29) is 0 Å². The first kappa shape index (κ1) is 10.3. The zero-order chi connectivity index (χ0) is 10.8. The summed E-state index contributed by atoms with van der Waals surface area (Å²) in [4.78, 5) is 0. The third-order valence-corrected chi connectivity index (χ3v) is 4.48. The second-order valence-electron chi connectivity index (χ2n) is 5.38. The Morgan fingerprint density at radius 2 is 1.75 bits per heavy atom. The summed E-state index contributed by atoms with van der Waals surface area (Å²) < 4.78 is 0. The van der Waals surface area contributed by atoms with E-state index in [1.165, 1.54) is 38.8 Å². The molecular weight excluding hydrogens is 194 g/mol. The minimum absolute atomic E-state index is 0.809. The Kier molecular flexibility index (Phi) is 2.96. The van der Waals surface area contributed by atoms with Crippen LogP contribution in [0.25, 0.3) is 0 Å². The SMILES string of the molecule is c1ccc([C@H]2CCCCC3CNCC32)cc1. The topological polar surface area (TPSA) is 12.0 Å². The lowest BCUT2D eigenvalue weighted by molar-refractivity contribution is 0.354. The van der Waals surface area contributed by atoms with E-state index < -0.39 is 0 Å². The number of nitrogens with one attached hydrogen (secondary N) is 1. The van der Waals surface area contributed by atoms with Gasteiger partial charge in [0.25, 0.3) is 0 Å². The fraction of sp³-hybridized carbons (Fsp3) is 0.600. The normalized spacial score (nSPS) is 34.4. The van der Waals surface area contributed by atoms with Gasteiger partial charge in [-0.1, -0.05) is 43.2 Å². The largest absolute Gasteiger partial charge is 0.316 e. The van der Waals surface area contributed by atoms with Gasteiger partial charge in [-0.3, -0.25) is 0 Å². The molecule has 1 heterocycles. The molecule has 0 amide bonds. The molecule has 3 rings (SSSR count). The van der Waals surface area contributed by atoms with E-state index in [0.29, 0.717) is 0 Å². The van der Waals surface area contributed by atoms with Crippen LogP contribution in [0.4, 0.5) is 0 Å². The van der Waals surface area contributed by atoms with Gasteiger partial charge in [-0.2, -0.15) is 0 Å². The molecule has 0 spiro atoms. The molecule has 1 nitrogen and oxygen atoms in total. The van der Waals surface area contributed by atoms with E-state index in [4.69, 9.17) is 0 Å². The van der Waals surface area contributed by atoms with Gasteiger partial charge in [0.2, 0.25) is 0 Å². The standard InChI is InChI=1S/C15H21N/c1-2-6-12(7-3-1)14-9-5-4-8-13-10-16-11-15(13)14/h1-3,6-7,13-16H,4-5,8-11H2/t13?,14-,15?/m1/s1. The number of benzene rings is 1. The lowest BCUT2D eigenvalue weighted by atomic mass is 9.79. The monoisotopic (exact) mass is 215 g/mol. The van der Waals surface area contributed by atoms with Crippen molar-refractivity contribution in [2.75, 3.05) is 13.1 Å². The van der Waals surface area contributed by atoms with Gasteiger partial charge in [0.15, 0.2) is 0 Å². The molecule has 86 valence electrons. The Morgan fingerprint density at radius 1 is 0.938 bits per heavy atom. The van der Waals surface area contributed by atoms with Crippen LogP contribution in [0, 0.1) is 11.8 Å². The van der Waals surface area contributed by atoms with Gasteiger partial charge >= 0.3 is 0 Å². The zero-order valence-corrected chi connectivity index (χ0v) is 9.86. The molecule has 1 aliphatic carbocycles. The second kappa shape index (κ2) is 4.58. The molecular formula is C15H21N. The van der Waals surface area contributed by atoms with Gasteiger partial charge in [0.1, 0.15) is 0 Å². The molecule has 16 heavy (non-hydrogen) atoms. The number of hydrogen-bond donors (Lipinski definition) is 1. The summed E-state index contributed by atoms with van der Waals surface area (Å²) in [6.45, 7) is 2.50. The second-order valence-corrected chi connectivity index (χ2v) is 5.38. The average molecular weight is 215 g/mol. The Morgan fingerprint density at radius 3 is 2.62 bits per heavy atom. The lowest BCUT2D eigenvalue weighted by Crippen LogP contribution is -2.19. The van der Waals surface area contributed by atoms with Crippen molar-refractivity contribution in [3.63, 3.8) is 0 Å². The number of rotatable bonds is 1. The number of hydrogen-bond acceptors (Lipinski definition) is 1. The summed E-state index contributed by atoms with van der Waals surface area (Å²) in [6.07, 6.45) is 5.70. The maximum absolute atomic E-state index is 3.59. The molecule has 1 heteroatoms. The van der Waals surface area contributed by atoms with Gasteiger partial charge in [0, 0.05) is 0 Å². The molecule has 1 N–H and O–H groups in total. The third kappa shape index (κ3) is 1.89. The van der Waals surface area contributed by atoms with Crippen LogP contribution < -0.4 is 5.32 Å². The van der Waals surface area contributed by atoms with Crippen molar-refractivity contribution in [2.45, 2.75) is 31.6 Å². The van der Waals surface area contributed by atoms with Crippen LogP contribution >= 0.6 is 0 Å². The van der Waals surface area contributed by atoms with Crippen LogP contribution in [0.15, 0.2) is 30.3 Å². The predicted octanol–water partition coefficient (Wildman–Crippen LogP) is 3.18. The van der Waals surface area contributed by atoms with E-state index >= 15 is 0 Å². The first-order valence-corrected chi connectivity index (χ1v) is 6.71. The molecule has 1 saturated carbocycles. The van der Waals surface area contributed by atoms with Crippen LogP contribution in [-0.4, -0.2) is 13.1 Å². The molecule has 0 radical (unpaired) electrons. The minimum atomic E-state index is 0.809. The lowest BCUT2D eigenvalue weighted by Gasteiger charge is -2.25.